The largest absolute Gasteiger partial charge is 0.377 e. The zero-order valence-corrected chi connectivity index (χ0v) is 13.4. The van der Waals surface area contributed by atoms with Crippen molar-refractivity contribution in [2.24, 2.45) is 0 Å². The molecule has 1 saturated heterocycles. The fourth-order valence-electron chi connectivity index (χ4n) is 2.16. The average molecular weight is 300 g/mol. The van der Waals surface area contributed by atoms with Crippen LogP contribution in [0.15, 0.2) is 23.1 Å². The van der Waals surface area contributed by atoms with Gasteiger partial charge in [0.25, 0.3) is 0 Å². The minimum Gasteiger partial charge on any atom is -0.377 e. The smallest absolute Gasteiger partial charge is 0.0669 e. The van der Waals surface area contributed by atoms with Gasteiger partial charge in [-0.1, -0.05) is 37.6 Å². The van der Waals surface area contributed by atoms with Gasteiger partial charge in [-0.25, -0.2) is 0 Å². The van der Waals surface area contributed by atoms with Gasteiger partial charge in [0.05, 0.1) is 11.1 Å². The van der Waals surface area contributed by atoms with Gasteiger partial charge < -0.3 is 10.1 Å². The van der Waals surface area contributed by atoms with Crippen molar-refractivity contribution in [1.82, 2.24) is 5.32 Å². The molecule has 0 aromatic heterocycles. The molecule has 1 heterocycles. The van der Waals surface area contributed by atoms with Crippen LogP contribution in [0.5, 0.6) is 0 Å². The molecule has 1 aromatic rings. The highest BCUT2D eigenvalue weighted by Crippen LogP contribution is 2.38. The first-order chi connectivity index (χ1) is 9.08. The Morgan fingerprint density at radius 1 is 1.47 bits per heavy atom. The Morgan fingerprint density at radius 3 is 2.89 bits per heavy atom. The predicted molar refractivity (Wildman–Crippen MR) is 83.1 cm³/mol. The minimum absolute atomic E-state index is 0.312. The van der Waals surface area contributed by atoms with Crippen molar-refractivity contribution < 1.29 is 4.74 Å². The van der Waals surface area contributed by atoms with E-state index >= 15 is 0 Å². The van der Waals surface area contributed by atoms with Crippen LogP contribution in [-0.4, -0.2) is 24.0 Å². The van der Waals surface area contributed by atoms with Crippen LogP contribution in [0.25, 0.3) is 0 Å². The molecule has 2 rings (SSSR count). The second-order valence-electron chi connectivity index (χ2n) is 5.28. The van der Waals surface area contributed by atoms with Crippen molar-refractivity contribution in [3.8, 4) is 0 Å². The topological polar surface area (TPSA) is 21.3 Å². The van der Waals surface area contributed by atoms with Gasteiger partial charge in [-0.3, -0.25) is 0 Å². The van der Waals surface area contributed by atoms with E-state index in [1.807, 2.05) is 23.9 Å². The highest BCUT2D eigenvalue weighted by Gasteiger charge is 2.26. The molecule has 4 heteroatoms. The third kappa shape index (κ3) is 4.12. The molecule has 1 aliphatic heterocycles. The third-order valence-corrected chi connectivity index (χ3v) is 5.39. The van der Waals surface area contributed by atoms with E-state index in [9.17, 15) is 0 Å². The van der Waals surface area contributed by atoms with E-state index in [1.165, 1.54) is 10.5 Å². The number of hydrogen-bond donors (Lipinski definition) is 1. The second kappa shape index (κ2) is 6.98. The Kier molecular flexibility index (Phi) is 5.58. The summed E-state index contributed by atoms with van der Waals surface area (Å²) in [7, 11) is 0. The van der Waals surface area contributed by atoms with Crippen LogP contribution < -0.4 is 5.32 Å². The minimum atomic E-state index is 0.312. The molecular weight excluding hydrogens is 278 g/mol. The molecule has 0 saturated carbocycles. The Hall–Kier alpha value is -0.220. The molecule has 0 spiro atoms. The molecule has 2 atom stereocenters. The molecule has 0 bridgehead atoms. The highest BCUT2D eigenvalue weighted by molar-refractivity contribution is 8.00. The summed E-state index contributed by atoms with van der Waals surface area (Å²) >= 11 is 8.25. The van der Waals surface area contributed by atoms with Gasteiger partial charge in [0.1, 0.15) is 0 Å². The Balaban J connectivity index is 2.12. The Morgan fingerprint density at radius 2 is 2.26 bits per heavy atom. The Bertz CT molecular complexity index is 425. The molecular formula is C15H22ClNOS. The zero-order valence-electron chi connectivity index (χ0n) is 11.8. The van der Waals surface area contributed by atoms with Crippen LogP contribution in [0.2, 0.25) is 5.02 Å². The average Bonchev–Trinajstić information content (AvgIpc) is 2.76. The van der Waals surface area contributed by atoms with E-state index in [-0.39, 0.29) is 0 Å². The van der Waals surface area contributed by atoms with E-state index in [1.54, 1.807) is 0 Å². The van der Waals surface area contributed by atoms with Crippen LogP contribution in [0.1, 0.15) is 32.8 Å². The number of thioether (sulfide) groups is 1. The summed E-state index contributed by atoms with van der Waals surface area (Å²) in [5.74, 6) is 0. The maximum atomic E-state index is 6.38. The van der Waals surface area contributed by atoms with Gasteiger partial charge in [-0.2, -0.15) is 0 Å². The van der Waals surface area contributed by atoms with Crippen LogP contribution in [0.4, 0.5) is 0 Å². The molecule has 0 amide bonds. The third-order valence-electron chi connectivity index (χ3n) is 3.33. The summed E-state index contributed by atoms with van der Waals surface area (Å²) < 4.78 is 5.64. The van der Waals surface area contributed by atoms with Gasteiger partial charge in [0.15, 0.2) is 0 Å². The fraction of sp³-hybridized carbons (Fsp3) is 0.600. The molecule has 0 radical (unpaired) electrons. The van der Waals surface area contributed by atoms with E-state index < -0.39 is 0 Å². The summed E-state index contributed by atoms with van der Waals surface area (Å²) in [5.41, 5.74) is 1.28. The van der Waals surface area contributed by atoms with Crippen molar-refractivity contribution in [2.75, 3.05) is 6.61 Å². The second-order valence-corrected chi connectivity index (χ2v) is 6.94. The van der Waals surface area contributed by atoms with Crippen molar-refractivity contribution in [3.05, 3.63) is 28.8 Å². The molecule has 0 aliphatic carbocycles. The van der Waals surface area contributed by atoms with Crippen molar-refractivity contribution >= 4 is 23.4 Å². The SMILES string of the molecule is CC(C)NCc1cccc(Cl)c1SC1CCOC1C. The summed E-state index contributed by atoms with van der Waals surface area (Å²) in [6.07, 6.45) is 1.42. The first-order valence-corrected chi connectivity index (χ1v) is 8.12. The fourth-order valence-corrected chi connectivity index (χ4v) is 3.74. The van der Waals surface area contributed by atoms with E-state index in [4.69, 9.17) is 16.3 Å². The lowest BCUT2D eigenvalue weighted by molar-refractivity contribution is 0.127. The predicted octanol–water partition coefficient (Wildman–Crippen LogP) is 4.11. The van der Waals surface area contributed by atoms with Crippen LogP contribution in [-0.2, 0) is 11.3 Å². The number of benzene rings is 1. The standard InChI is InChI=1S/C15H22ClNOS/c1-10(2)17-9-12-5-4-6-13(16)15(12)19-14-7-8-18-11(14)3/h4-6,10-11,14,17H,7-9H2,1-3H3. The molecule has 2 nitrogen and oxygen atoms in total. The van der Waals surface area contributed by atoms with Crippen molar-refractivity contribution in [3.63, 3.8) is 0 Å². The molecule has 1 N–H and O–H groups in total. The van der Waals surface area contributed by atoms with Gasteiger partial charge in [-0.15, -0.1) is 11.8 Å². The Labute approximate surface area is 125 Å². The lowest BCUT2D eigenvalue weighted by Crippen LogP contribution is -2.22. The molecule has 106 valence electrons. The van der Waals surface area contributed by atoms with Crippen molar-refractivity contribution in [1.29, 1.82) is 0 Å². The summed E-state index contributed by atoms with van der Waals surface area (Å²) in [4.78, 5) is 1.21. The van der Waals surface area contributed by atoms with E-state index in [0.29, 0.717) is 17.4 Å². The number of hydrogen-bond acceptors (Lipinski definition) is 3. The number of rotatable bonds is 5. The normalized spacial score (nSPS) is 23.2. The maximum Gasteiger partial charge on any atom is 0.0669 e. The lowest BCUT2D eigenvalue weighted by atomic mass is 10.2. The van der Waals surface area contributed by atoms with E-state index in [0.717, 1.165) is 24.6 Å². The molecule has 1 aliphatic rings. The van der Waals surface area contributed by atoms with E-state index in [2.05, 4.69) is 32.2 Å². The van der Waals surface area contributed by atoms with Gasteiger partial charge in [-0.05, 0) is 25.0 Å². The van der Waals surface area contributed by atoms with Gasteiger partial charge in [0, 0.05) is 29.3 Å². The van der Waals surface area contributed by atoms with Gasteiger partial charge in [0.2, 0.25) is 0 Å². The number of ether oxygens (including phenoxy) is 1. The van der Waals surface area contributed by atoms with Crippen LogP contribution in [0, 0.1) is 0 Å². The molecule has 19 heavy (non-hydrogen) atoms. The molecule has 2 unspecified atom stereocenters. The molecule has 1 fully saturated rings. The zero-order chi connectivity index (χ0) is 13.8. The summed E-state index contributed by atoms with van der Waals surface area (Å²) in [6.45, 7) is 8.19. The van der Waals surface area contributed by atoms with Crippen LogP contribution >= 0.6 is 23.4 Å². The van der Waals surface area contributed by atoms with Gasteiger partial charge >= 0.3 is 0 Å². The summed E-state index contributed by atoms with van der Waals surface area (Å²) in [5, 5.41) is 4.83. The summed E-state index contributed by atoms with van der Waals surface area (Å²) in [6, 6.07) is 6.64. The number of halogens is 1. The van der Waals surface area contributed by atoms with Crippen molar-refractivity contribution in [2.45, 2.75) is 56.0 Å². The monoisotopic (exact) mass is 299 g/mol. The first-order valence-electron chi connectivity index (χ1n) is 6.87. The highest BCUT2D eigenvalue weighted by atomic mass is 35.5. The first kappa shape index (κ1) is 15.2. The molecule has 1 aromatic carbocycles. The van der Waals surface area contributed by atoms with Crippen LogP contribution in [0.3, 0.4) is 0 Å². The quantitative estimate of drug-likeness (QED) is 0.884. The number of nitrogens with one attached hydrogen (secondary N) is 1. The lowest BCUT2D eigenvalue weighted by Gasteiger charge is -2.18. The maximum absolute atomic E-state index is 6.38.